The van der Waals surface area contributed by atoms with Crippen LogP contribution in [0.15, 0.2) is 0 Å². The predicted molar refractivity (Wildman–Crippen MR) is 54.4 cm³/mol. The molecule has 1 fully saturated rings. The summed E-state index contributed by atoms with van der Waals surface area (Å²) in [5.74, 6) is 0.209. The SMILES string of the molecule is CC1(C)CCNC(=O)CC(C)(C)C1. The molecule has 0 unspecified atom stereocenters. The van der Waals surface area contributed by atoms with E-state index in [1.165, 1.54) is 0 Å². The van der Waals surface area contributed by atoms with Crippen LogP contribution in [0.25, 0.3) is 0 Å². The molecule has 0 aromatic carbocycles. The molecule has 0 spiro atoms. The summed E-state index contributed by atoms with van der Waals surface area (Å²) in [4.78, 5) is 11.4. The van der Waals surface area contributed by atoms with Crippen LogP contribution in [0.3, 0.4) is 0 Å². The Morgan fingerprint density at radius 1 is 1.15 bits per heavy atom. The summed E-state index contributed by atoms with van der Waals surface area (Å²) >= 11 is 0. The Morgan fingerprint density at radius 3 is 2.38 bits per heavy atom. The number of amides is 1. The molecule has 0 aromatic heterocycles. The summed E-state index contributed by atoms with van der Waals surface area (Å²) in [5, 5.41) is 2.96. The van der Waals surface area contributed by atoms with Crippen LogP contribution in [0, 0.1) is 10.8 Å². The minimum Gasteiger partial charge on any atom is -0.356 e. The fourth-order valence-electron chi connectivity index (χ4n) is 2.48. The van der Waals surface area contributed by atoms with Crippen molar-refractivity contribution in [2.45, 2.75) is 47.0 Å². The van der Waals surface area contributed by atoms with Crippen LogP contribution >= 0.6 is 0 Å². The van der Waals surface area contributed by atoms with Gasteiger partial charge in [-0.15, -0.1) is 0 Å². The molecule has 13 heavy (non-hydrogen) atoms. The maximum atomic E-state index is 11.4. The standard InChI is InChI=1S/C11H21NO/c1-10(2)5-6-12-9(13)7-11(3,4)8-10/h5-8H2,1-4H3,(H,12,13). The summed E-state index contributed by atoms with van der Waals surface area (Å²) in [6, 6.07) is 0. The Morgan fingerprint density at radius 2 is 1.77 bits per heavy atom. The van der Waals surface area contributed by atoms with Crippen LogP contribution in [-0.2, 0) is 4.79 Å². The maximum absolute atomic E-state index is 11.4. The van der Waals surface area contributed by atoms with E-state index in [2.05, 4.69) is 33.0 Å². The Bertz CT molecular complexity index is 206. The van der Waals surface area contributed by atoms with E-state index in [-0.39, 0.29) is 11.3 Å². The van der Waals surface area contributed by atoms with Crippen LogP contribution in [0.5, 0.6) is 0 Å². The van der Waals surface area contributed by atoms with E-state index in [4.69, 9.17) is 0 Å². The molecule has 1 aliphatic rings. The van der Waals surface area contributed by atoms with Crippen LogP contribution in [0.4, 0.5) is 0 Å². The first-order valence-electron chi connectivity index (χ1n) is 5.08. The van der Waals surface area contributed by atoms with Crippen molar-refractivity contribution >= 4 is 5.91 Å². The van der Waals surface area contributed by atoms with Gasteiger partial charge in [-0.3, -0.25) is 4.79 Å². The molecular weight excluding hydrogens is 162 g/mol. The monoisotopic (exact) mass is 183 g/mol. The van der Waals surface area contributed by atoms with Gasteiger partial charge in [-0.25, -0.2) is 0 Å². The van der Waals surface area contributed by atoms with Gasteiger partial charge in [-0.1, -0.05) is 27.7 Å². The van der Waals surface area contributed by atoms with E-state index in [1.807, 2.05) is 0 Å². The predicted octanol–water partition coefficient (Wildman–Crippen LogP) is 2.34. The molecular formula is C11H21NO. The lowest BCUT2D eigenvalue weighted by Gasteiger charge is -2.37. The lowest BCUT2D eigenvalue weighted by atomic mass is 9.71. The average molecular weight is 183 g/mol. The van der Waals surface area contributed by atoms with Crippen LogP contribution in [0.2, 0.25) is 0 Å². The molecule has 0 atom stereocenters. The quantitative estimate of drug-likeness (QED) is 0.613. The highest BCUT2D eigenvalue weighted by atomic mass is 16.1. The average Bonchev–Trinajstić information content (AvgIpc) is 1.78. The molecule has 1 rings (SSSR count). The molecule has 2 nitrogen and oxygen atoms in total. The van der Waals surface area contributed by atoms with Crippen LogP contribution in [-0.4, -0.2) is 12.5 Å². The number of nitrogens with one attached hydrogen (secondary N) is 1. The molecule has 0 radical (unpaired) electrons. The largest absolute Gasteiger partial charge is 0.356 e. The second-order valence-electron chi connectivity index (χ2n) is 5.78. The Balaban J connectivity index is 2.70. The van der Waals surface area contributed by atoms with Gasteiger partial charge in [0.05, 0.1) is 0 Å². The second-order valence-corrected chi connectivity index (χ2v) is 5.78. The summed E-state index contributed by atoms with van der Waals surface area (Å²) < 4.78 is 0. The van der Waals surface area contributed by atoms with Gasteiger partial charge in [0.25, 0.3) is 0 Å². The first-order valence-corrected chi connectivity index (χ1v) is 5.08. The van der Waals surface area contributed by atoms with Gasteiger partial charge >= 0.3 is 0 Å². The number of carbonyl (C=O) groups excluding carboxylic acids is 1. The smallest absolute Gasteiger partial charge is 0.220 e. The third-order valence-electron chi connectivity index (χ3n) is 2.72. The molecule has 1 aliphatic heterocycles. The van der Waals surface area contributed by atoms with Gasteiger partial charge in [0, 0.05) is 13.0 Å². The second kappa shape index (κ2) is 3.32. The third kappa shape index (κ3) is 3.37. The van der Waals surface area contributed by atoms with E-state index in [9.17, 15) is 4.79 Å². The fourth-order valence-corrected chi connectivity index (χ4v) is 2.48. The molecule has 1 N–H and O–H groups in total. The molecule has 0 aliphatic carbocycles. The molecule has 2 heteroatoms. The van der Waals surface area contributed by atoms with Gasteiger partial charge < -0.3 is 5.32 Å². The molecule has 1 saturated heterocycles. The summed E-state index contributed by atoms with van der Waals surface area (Å²) in [6.45, 7) is 9.76. The maximum Gasteiger partial charge on any atom is 0.220 e. The minimum atomic E-state index is 0.147. The van der Waals surface area contributed by atoms with Crippen molar-refractivity contribution in [2.75, 3.05) is 6.54 Å². The summed E-state index contributed by atoms with van der Waals surface area (Å²) in [5.41, 5.74) is 0.505. The van der Waals surface area contributed by atoms with E-state index in [0.717, 1.165) is 19.4 Å². The van der Waals surface area contributed by atoms with Gasteiger partial charge in [0.15, 0.2) is 0 Å². The number of hydrogen-bond donors (Lipinski definition) is 1. The zero-order valence-electron chi connectivity index (χ0n) is 9.24. The van der Waals surface area contributed by atoms with E-state index in [0.29, 0.717) is 11.8 Å². The molecule has 0 bridgehead atoms. The summed E-state index contributed by atoms with van der Waals surface area (Å²) in [7, 11) is 0. The van der Waals surface area contributed by atoms with Crippen molar-refractivity contribution in [3.8, 4) is 0 Å². The molecule has 0 saturated carbocycles. The highest BCUT2D eigenvalue weighted by Crippen LogP contribution is 2.39. The zero-order valence-corrected chi connectivity index (χ0v) is 9.24. The summed E-state index contributed by atoms with van der Waals surface area (Å²) in [6.07, 6.45) is 2.88. The van der Waals surface area contributed by atoms with Crippen molar-refractivity contribution in [1.82, 2.24) is 5.32 Å². The van der Waals surface area contributed by atoms with E-state index in [1.54, 1.807) is 0 Å². The Kier molecular flexibility index (Phi) is 2.69. The number of rotatable bonds is 0. The Hall–Kier alpha value is -0.530. The van der Waals surface area contributed by atoms with Crippen LogP contribution in [0.1, 0.15) is 47.0 Å². The lowest BCUT2D eigenvalue weighted by molar-refractivity contribution is -0.124. The molecule has 76 valence electrons. The molecule has 1 amide bonds. The third-order valence-corrected chi connectivity index (χ3v) is 2.72. The van der Waals surface area contributed by atoms with Gasteiger partial charge in [0.1, 0.15) is 0 Å². The number of hydrogen-bond acceptors (Lipinski definition) is 1. The topological polar surface area (TPSA) is 29.1 Å². The molecule has 0 aromatic rings. The van der Waals surface area contributed by atoms with Gasteiger partial charge in [-0.2, -0.15) is 0 Å². The highest BCUT2D eigenvalue weighted by molar-refractivity contribution is 5.76. The fraction of sp³-hybridized carbons (Fsp3) is 0.909. The lowest BCUT2D eigenvalue weighted by Crippen LogP contribution is -2.37. The first-order chi connectivity index (χ1) is 5.81. The minimum absolute atomic E-state index is 0.147. The van der Waals surface area contributed by atoms with Crippen LogP contribution < -0.4 is 5.32 Å². The van der Waals surface area contributed by atoms with Gasteiger partial charge in [0.2, 0.25) is 5.91 Å². The van der Waals surface area contributed by atoms with Crippen molar-refractivity contribution in [3.63, 3.8) is 0 Å². The van der Waals surface area contributed by atoms with E-state index >= 15 is 0 Å². The highest BCUT2D eigenvalue weighted by Gasteiger charge is 2.32. The first kappa shape index (κ1) is 10.6. The van der Waals surface area contributed by atoms with E-state index < -0.39 is 0 Å². The molecule has 1 heterocycles. The van der Waals surface area contributed by atoms with Gasteiger partial charge in [-0.05, 0) is 23.7 Å². The zero-order chi connectivity index (χ0) is 10.1. The normalized spacial score (nSPS) is 27.2. The van der Waals surface area contributed by atoms with Crippen molar-refractivity contribution in [1.29, 1.82) is 0 Å². The van der Waals surface area contributed by atoms with Crippen molar-refractivity contribution < 1.29 is 4.79 Å². The number of carbonyl (C=O) groups is 1. The van der Waals surface area contributed by atoms with Crippen molar-refractivity contribution in [3.05, 3.63) is 0 Å². The van der Waals surface area contributed by atoms with Crippen molar-refractivity contribution in [2.24, 2.45) is 10.8 Å². The Labute approximate surface area is 81.1 Å².